The number of carbonyl (C=O) groups excluding carboxylic acids is 2. The molecule has 2 N–H and O–H groups in total. The fourth-order valence-electron chi connectivity index (χ4n) is 5.13. The highest BCUT2D eigenvalue weighted by molar-refractivity contribution is 5.83. The van der Waals surface area contributed by atoms with Gasteiger partial charge in [0.25, 0.3) is 0 Å². The highest BCUT2D eigenvalue weighted by atomic mass is 16.5. The van der Waals surface area contributed by atoms with Crippen LogP contribution in [0, 0.1) is 17.3 Å². The molecule has 0 aromatic rings. The molecule has 0 aromatic heterocycles. The van der Waals surface area contributed by atoms with Crippen molar-refractivity contribution in [2.24, 2.45) is 17.3 Å². The van der Waals surface area contributed by atoms with Crippen molar-refractivity contribution < 1.29 is 29.0 Å². The molecule has 0 bridgehead atoms. The van der Waals surface area contributed by atoms with Crippen molar-refractivity contribution in [1.82, 2.24) is 10.2 Å². The zero-order chi connectivity index (χ0) is 20.1. The van der Waals surface area contributed by atoms with Crippen molar-refractivity contribution in [1.29, 1.82) is 0 Å². The molecule has 1 heterocycles. The summed E-state index contributed by atoms with van der Waals surface area (Å²) in [5.74, 6) is -0.743. The zero-order valence-electron chi connectivity index (χ0n) is 16.7. The van der Waals surface area contributed by atoms with Gasteiger partial charge in [0.15, 0.2) is 0 Å². The van der Waals surface area contributed by atoms with Crippen LogP contribution < -0.4 is 5.32 Å². The van der Waals surface area contributed by atoms with E-state index in [4.69, 9.17) is 9.47 Å². The van der Waals surface area contributed by atoms with Crippen LogP contribution in [0.2, 0.25) is 0 Å². The standard InChI is InChI=1S/C20H32N2O6/c1-27-9-10-28-12-17(23)21-16-6-4-14(5-7-16)18(24)22-11-15-3-2-8-20(15,13-22)19(25)26/h14-16H,2-13H2,1H3,(H,21,23)(H,25,26)/t14?,15-,16?,20+/m0/s1. The molecule has 0 unspecified atom stereocenters. The summed E-state index contributed by atoms with van der Waals surface area (Å²) in [6, 6.07) is 0.0749. The monoisotopic (exact) mass is 396 g/mol. The quantitative estimate of drug-likeness (QED) is 0.594. The summed E-state index contributed by atoms with van der Waals surface area (Å²) in [6.07, 6.45) is 5.52. The molecular formula is C20H32N2O6. The SMILES string of the molecule is COCCOCC(=O)NC1CCC(C(=O)N2C[C@@H]3CCC[C@@]3(C(=O)O)C2)CC1. The first kappa shape index (κ1) is 21.0. The van der Waals surface area contributed by atoms with Crippen molar-refractivity contribution >= 4 is 17.8 Å². The number of likely N-dealkylation sites (tertiary alicyclic amines) is 1. The number of carbonyl (C=O) groups is 3. The van der Waals surface area contributed by atoms with Gasteiger partial charge in [-0.15, -0.1) is 0 Å². The third kappa shape index (κ3) is 4.49. The van der Waals surface area contributed by atoms with Crippen LogP contribution in [-0.2, 0) is 23.9 Å². The summed E-state index contributed by atoms with van der Waals surface area (Å²) in [5, 5.41) is 12.7. The van der Waals surface area contributed by atoms with Crippen LogP contribution in [0.3, 0.4) is 0 Å². The summed E-state index contributed by atoms with van der Waals surface area (Å²) >= 11 is 0. The smallest absolute Gasteiger partial charge is 0.311 e. The minimum atomic E-state index is -0.746. The van der Waals surface area contributed by atoms with Crippen LogP contribution >= 0.6 is 0 Å². The number of rotatable bonds is 8. The van der Waals surface area contributed by atoms with E-state index in [-0.39, 0.29) is 36.3 Å². The zero-order valence-corrected chi connectivity index (χ0v) is 16.7. The molecule has 3 rings (SSSR count). The van der Waals surface area contributed by atoms with Crippen LogP contribution in [0.1, 0.15) is 44.9 Å². The molecule has 2 aliphatic carbocycles. The van der Waals surface area contributed by atoms with Crippen molar-refractivity contribution in [3.63, 3.8) is 0 Å². The Hall–Kier alpha value is -1.67. The number of ether oxygens (including phenoxy) is 2. The van der Waals surface area contributed by atoms with Gasteiger partial charge in [-0.2, -0.15) is 0 Å². The molecular weight excluding hydrogens is 364 g/mol. The van der Waals surface area contributed by atoms with Crippen LogP contribution in [-0.4, -0.2) is 73.9 Å². The predicted octanol–water partition coefficient (Wildman–Crippen LogP) is 1.04. The summed E-state index contributed by atoms with van der Waals surface area (Å²) in [6.45, 7) is 1.82. The number of methoxy groups -OCH3 is 1. The molecule has 2 atom stereocenters. The van der Waals surface area contributed by atoms with E-state index >= 15 is 0 Å². The highest BCUT2D eigenvalue weighted by Crippen LogP contribution is 2.49. The van der Waals surface area contributed by atoms with Crippen LogP contribution in [0.15, 0.2) is 0 Å². The normalized spacial score (nSPS) is 32.2. The van der Waals surface area contributed by atoms with Crippen LogP contribution in [0.4, 0.5) is 0 Å². The second kappa shape index (κ2) is 9.22. The van der Waals surface area contributed by atoms with Gasteiger partial charge in [-0.25, -0.2) is 0 Å². The number of carboxylic acids is 1. The Labute approximate surface area is 165 Å². The predicted molar refractivity (Wildman–Crippen MR) is 101 cm³/mol. The second-order valence-corrected chi connectivity index (χ2v) is 8.43. The molecule has 3 aliphatic rings. The molecule has 0 radical (unpaired) electrons. The Balaban J connectivity index is 1.42. The molecule has 0 spiro atoms. The number of aliphatic carboxylic acids is 1. The first-order valence-corrected chi connectivity index (χ1v) is 10.3. The minimum Gasteiger partial charge on any atom is -0.481 e. The van der Waals surface area contributed by atoms with E-state index in [0.717, 1.165) is 38.5 Å². The molecule has 28 heavy (non-hydrogen) atoms. The van der Waals surface area contributed by atoms with Crippen molar-refractivity contribution in [3.05, 3.63) is 0 Å². The first-order valence-electron chi connectivity index (χ1n) is 10.3. The Morgan fingerprint density at radius 3 is 2.54 bits per heavy atom. The van der Waals surface area contributed by atoms with Gasteiger partial charge in [-0.1, -0.05) is 6.42 Å². The Kier molecular flexibility index (Phi) is 6.93. The van der Waals surface area contributed by atoms with Gasteiger partial charge in [0.1, 0.15) is 6.61 Å². The van der Waals surface area contributed by atoms with Gasteiger partial charge in [-0.3, -0.25) is 14.4 Å². The van der Waals surface area contributed by atoms with Gasteiger partial charge in [0, 0.05) is 32.2 Å². The molecule has 1 aliphatic heterocycles. The number of fused-ring (bicyclic) bond motifs is 1. The van der Waals surface area contributed by atoms with E-state index in [9.17, 15) is 19.5 Å². The minimum absolute atomic E-state index is 0.0225. The molecule has 0 aromatic carbocycles. The van der Waals surface area contributed by atoms with Crippen LogP contribution in [0.25, 0.3) is 0 Å². The van der Waals surface area contributed by atoms with Gasteiger partial charge in [0.2, 0.25) is 11.8 Å². The number of amides is 2. The van der Waals surface area contributed by atoms with E-state index in [2.05, 4.69) is 5.32 Å². The van der Waals surface area contributed by atoms with E-state index in [0.29, 0.717) is 32.7 Å². The fraction of sp³-hybridized carbons (Fsp3) is 0.850. The van der Waals surface area contributed by atoms with Crippen molar-refractivity contribution in [2.75, 3.05) is 40.0 Å². The lowest BCUT2D eigenvalue weighted by Crippen LogP contribution is -2.43. The van der Waals surface area contributed by atoms with E-state index in [1.54, 1.807) is 12.0 Å². The molecule has 2 saturated carbocycles. The highest BCUT2D eigenvalue weighted by Gasteiger charge is 2.56. The lowest BCUT2D eigenvalue weighted by atomic mass is 9.81. The number of nitrogens with zero attached hydrogens (tertiary/aromatic N) is 1. The van der Waals surface area contributed by atoms with Gasteiger partial charge in [0.05, 0.1) is 18.6 Å². The number of hydrogen-bond acceptors (Lipinski definition) is 5. The maximum absolute atomic E-state index is 12.9. The molecule has 158 valence electrons. The number of hydrogen-bond donors (Lipinski definition) is 2. The second-order valence-electron chi connectivity index (χ2n) is 8.43. The Morgan fingerprint density at radius 1 is 1.14 bits per heavy atom. The summed E-state index contributed by atoms with van der Waals surface area (Å²) in [7, 11) is 1.58. The third-order valence-corrected chi connectivity index (χ3v) is 6.71. The van der Waals surface area contributed by atoms with Gasteiger partial charge in [-0.05, 0) is 44.4 Å². The van der Waals surface area contributed by atoms with E-state index in [1.807, 2.05) is 0 Å². The lowest BCUT2D eigenvalue weighted by Gasteiger charge is -2.31. The molecule has 8 heteroatoms. The first-order chi connectivity index (χ1) is 13.5. The topological polar surface area (TPSA) is 105 Å². The summed E-state index contributed by atoms with van der Waals surface area (Å²) in [4.78, 5) is 38.5. The molecule has 1 saturated heterocycles. The van der Waals surface area contributed by atoms with Crippen molar-refractivity contribution in [2.45, 2.75) is 51.0 Å². The van der Waals surface area contributed by atoms with E-state index in [1.165, 1.54) is 0 Å². The maximum atomic E-state index is 12.9. The molecule has 2 amide bonds. The summed E-state index contributed by atoms with van der Waals surface area (Å²) in [5.41, 5.74) is -0.719. The third-order valence-electron chi connectivity index (χ3n) is 6.71. The average molecular weight is 396 g/mol. The Morgan fingerprint density at radius 2 is 1.89 bits per heavy atom. The van der Waals surface area contributed by atoms with Crippen LogP contribution in [0.5, 0.6) is 0 Å². The number of carboxylic acid groups (broad SMARTS) is 1. The number of nitrogens with one attached hydrogen (secondary N) is 1. The fourth-order valence-corrected chi connectivity index (χ4v) is 5.13. The largest absolute Gasteiger partial charge is 0.481 e. The van der Waals surface area contributed by atoms with Gasteiger partial charge >= 0.3 is 5.97 Å². The van der Waals surface area contributed by atoms with Crippen molar-refractivity contribution in [3.8, 4) is 0 Å². The molecule has 3 fully saturated rings. The maximum Gasteiger partial charge on any atom is 0.311 e. The Bertz CT molecular complexity index is 589. The van der Waals surface area contributed by atoms with E-state index < -0.39 is 11.4 Å². The van der Waals surface area contributed by atoms with Gasteiger partial charge < -0.3 is 24.8 Å². The summed E-state index contributed by atoms with van der Waals surface area (Å²) < 4.78 is 10.1. The average Bonchev–Trinajstić information content (AvgIpc) is 3.24. The lowest BCUT2D eigenvalue weighted by molar-refractivity contribution is -0.149. The molecule has 8 nitrogen and oxygen atoms in total.